The van der Waals surface area contributed by atoms with Crippen molar-refractivity contribution in [3.05, 3.63) is 35.9 Å². The summed E-state index contributed by atoms with van der Waals surface area (Å²) < 4.78 is 0. The van der Waals surface area contributed by atoms with E-state index in [0.717, 1.165) is 0 Å². The smallest absolute Gasteiger partial charge is 0.191 e. The van der Waals surface area contributed by atoms with Crippen LogP contribution in [0.1, 0.15) is 11.7 Å². The summed E-state index contributed by atoms with van der Waals surface area (Å²) in [4.78, 5) is 10.8. The Morgan fingerprint density at radius 2 is 1.92 bits per heavy atom. The zero-order valence-corrected chi connectivity index (χ0v) is 6.47. The molecule has 0 heterocycles. The standard InChI is InChI=1S/C9H10O3/c10-6-8(11)9(12)7-4-2-1-3-5-7/h1-5,9-10,12H,6H2/t9-/m0/s1. The summed E-state index contributed by atoms with van der Waals surface area (Å²) in [5, 5.41) is 17.7. The van der Waals surface area contributed by atoms with E-state index in [1.54, 1.807) is 30.3 Å². The van der Waals surface area contributed by atoms with Crippen LogP contribution in [0.5, 0.6) is 0 Å². The van der Waals surface area contributed by atoms with Crippen LogP contribution in [0.4, 0.5) is 0 Å². The third-order valence-corrected chi connectivity index (χ3v) is 1.58. The molecule has 0 bridgehead atoms. The quantitative estimate of drug-likeness (QED) is 0.678. The van der Waals surface area contributed by atoms with E-state index in [1.807, 2.05) is 0 Å². The van der Waals surface area contributed by atoms with Gasteiger partial charge in [-0.2, -0.15) is 0 Å². The van der Waals surface area contributed by atoms with Gasteiger partial charge in [0, 0.05) is 0 Å². The van der Waals surface area contributed by atoms with Crippen LogP contribution in [0.2, 0.25) is 0 Å². The molecule has 0 fully saturated rings. The maximum Gasteiger partial charge on any atom is 0.191 e. The van der Waals surface area contributed by atoms with Crippen LogP contribution in [0.25, 0.3) is 0 Å². The zero-order valence-electron chi connectivity index (χ0n) is 6.47. The molecule has 0 aliphatic heterocycles. The molecule has 0 saturated heterocycles. The lowest BCUT2D eigenvalue weighted by molar-refractivity contribution is -0.130. The fraction of sp³-hybridized carbons (Fsp3) is 0.222. The first-order valence-corrected chi connectivity index (χ1v) is 3.62. The molecule has 0 spiro atoms. The van der Waals surface area contributed by atoms with Crippen molar-refractivity contribution in [1.82, 2.24) is 0 Å². The highest BCUT2D eigenvalue weighted by Crippen LogP contribution is 2.12. The van der Waals surface area contributed by atoms with Crippen molar-refractivity contribution in [2.45, 2.75) is 6.10 Å². The second-order valence-electron chi connectivity index (χ2n) is 2.44. The van der Waals surface area contributed by atoms with Gasteiger partial charge in [0.1, 0.15) is 12.7 Å². The van der Waals surface area contributed by atoms with E-state index in [2.05, 4.69) is 0 Å². The van der Waals surface area contributed by atoms with Gasteiger partial charge in [0.2, 0.25) is 0 Å². The largest absolute Gasteiger partial charge is 0.388 e. The van der Waals surface area contributed by atoms with E-state index in [9.17, 15) is 9.90 Å². The Kier molecular flexibility index (Phi) is 2.96. The summed E-state index contributed by atoms with van der Waals surface area (Å²) in [5.74, 6) is -0.582. The summed E-state index contributed by atoms with van der Waals surface area (Å²) >= 11 is 0. The maximum atomic E-state index is 10.8. The van der Waals surface area contributed by atoms with Crippen LogP contribution in [-0.2, 0) is 4.79 Å². The molecule has 1 aromatic rings. The van der Waals surface area contributed by atoms with Crippen LogP contribution < -0.4 is 0 Å². The number of carbonyl (C=O) groups excluding carboxylic acids is 1. The number of hydrogen-bond acceptors (Lipinski definition) is 3. The molecule has 3 nitrogen and oxygen atoms in total. The van der Waals surface area contributed by atoms with Crippen molar-refractivity contribution in [2.24, 2.45) is 0 Å². The molecular formula is C9H10O3. The van der Waals surface area contributed by atoms with Crippen LogP contribution in [0.3, 0.4) is 0 Å². The molecule has 2 N–H and O–H groups in total. The average molecular weight is 166 g/mol. The van der Waals surface area contributed by atoms with Crippen LogP contribution >= 0.6 is 0 Å². The van der Waals surface area contributed by atoms with Gasteiger partial charge in [0.15, 0.2) is 5.78 Å². The van der Waals surface area contributed by atoms with Crippen molar-refractivity contribution in [1.29, 1.82) is 0 Å². The summed E-state index contributed by atoms with van der Waals surface area (Å²) in [6.07, 6.45) is -1.20. The van der Waals surface area contributed by atoms with E-state index < -0.39 is 18.5 Å². The lowest BCUT2D eigenvalue weighted by Crippen LogP contribution is -2.15. The molecule has 12 heavy (non-hydrogen) atoms. The Bertz CT molecular complexity index is 256. The fourth-order valence-corrected chi connectivity index (χ4v) is 0.908. The topological polar surface area (TPSA) is 57.5 Å². The third kappa shape index (κ3) is 1.90. The highest BCUT2D eigenvalue weighted by molar-refractivity contribution is 5.84. The Hall–Kier alpha value is -1.19. The zero-order chi connectivity index (χ0) is 8.97. The molecule has 3 heteroatoms. The van der Waals surface area contributed by atoms with Crippen molar-refractivity contribution in [3.63, 3.8) is 0 Å². The number of rotatable bonds is 3. The van der Waals surface area contributed by atoms with Gasteiger partial charge in [-0.15, -0.1) is 0 Å². The van der Waals surface area contributed by atoms with Crippen molar-refractivity contribution in [2.75, 3.05) is 6.61 Å². The molecular weight excluding hydrogens is 156 g/mol. The molecule has 0 unspecified atom stereocenters. The molecule has 0 radical (unpaired) electrons. The lowest BCUT2D eigenvalue weighted by Gasteiger charge is -2.06. The van der Waals surface area contributed by atoms with Gasteiger partial charge >= 0.3 is 0 Å². The Morgan fingerprint density at radius 1 is 1.33 bits per heavy atom. The minimum absolute atomic E-state index is 0.511. The molecule has 1 aromatic carbocycles. The number of aliphatic hydroxyl groups excluding tert-OH is 2. The molecule has 0 aromatic heterocycles. The first-order valence-electron chi connectivity index (χ1n) is 3.62. The van der Waals surface area contributed by atoms with E-state index >= 15 is 0 Å². The SMILES string of the molecule is O=C(CO)[C@@H](O)c1ccccc1. The van der Waals surface area contributed by atoms with Gasteiger partial charge in [-0.1, -0.05) is 30.3 Å². The maximum absolute atomic E-state index is 10.8. The minimum Gasteiger partial charge on any atom is -0.388 e. The lowest BCUT2D eigenvalue weighted by atomic mass is 10.1. The van der Waals surface area contributed by atoms with Gasteiger partial charge in [-0.05, 0) is 5.56 Å². The predicted molar refractivity (Wildman–Crippen MR) is 43.5 cm³/mol. The Morgan fingerprint density at radius 3 is 2.42 bits per heavy atom. The Balaban J connectivity index is 2.78. The summed E-state index contributed by atoms with van der Waals surface area (Å²) in [6.45, 7) is -0.629. The second kappa shape index (κ2) is 3.99. The van der Waals surface area contributed by atoms with Crippen LogP contribution in [0.15, 0.2) is 30.3 Å². The van der Waals surface area contributed by atoms with Crippen molar-refractivity contribution < 1.29 is 15.0 Å². The van der Waals surface area contributed by atoms with Crippen LogP contribution in [-0.4, -0.2) is 22.6 Å². The van der Waals surface area contributed by atoms with Crippen molar-refractivity contribution >= 4 is 5.78 Å². The molecule has 0 amide bonds. The first-order chi connectivity index (χ1) is 5.75. The number of aliphatic hydroxyl groups is 2. The molecule has 0 aliphatic rings. The predicted octanol–water partition coefficient (Wildman–Crippen LogP) is 0.281. The number of Topliss-reactive ketones (excluding diaryl/α,β-unsaturated/α-hetero) is 1. The van der Waals surface area contributed by atoms with Gasteiger partial charge in [0.25, 0.3) is 0 Å². The van der Waals surface area contributed by atoms with Crippen molar-refractivity contribution in [3.8, 4) is 0 Å². The minimum atomic E-state index is -1.20. The fourth-order valence-electron chi connectivity index (χ4n) is 0.908. The number of carbonyl (C=O) groups is 1. The second-order valence-corrected chi connectivity index (χ2v) is 2.44. The first kappa shape index (κ1) is 8.90. The molecule has 0 aliphatic carbocycles. The molecule has 64 valence electrons. The molecule has 1 rings (SSSR count). The number of hydrogen-bond donors (Lipinski definition) is 2. The summed E-state index contributed by atoms with van der Waals surface area (Å²) in [6, 6.07) is 8.52. The highest BCUT2D eigenvalue weighted by atomic mass is 16.3. The molecule has 0 saturated carbocycles. The molecule has 1 atom stereocenters. The monoisotopic (exact) mass is 166 g/mol. The van der Waals surface area contributed by atoms with E-state index in [1.165, 1.54) is 0 Å². The van der Waals surface area contributed by atoms with Crippen LogP contribution in [0, 0.1) is 0 Å². The average Bonchev–Trinajstić information content (AvgIpc) is 2.17. The van der Waals surface area contributed by atoms with Gasteiger partial charge < -0.3 is 10.2 Å². The normalized spacial score (nSPS) is 12.5. The van der Waals surface area contributed by atoms with E-state index in [0.29, 0.717) is 5.56 Å². The van der Waals surface area contributed by atoms with E-state index in [4.69, 9.17) is 5.11 Å². The van der Waals surface area contributed by atoms with E-state index in [-0.39, 0.29) is 0 Å². The van der Waals surface area contributed by atoms with Gasteiger partial charge in [-0.3, -0.25) is 4.79 Å². The Labute approximate surface area is 70.3 Å². The van der Waals surface area contributed by atoms with Gasteiger partial charge in [0.05, 0.1) is 0 Å². The highest BCUT2D eigenvalue weighted by Gasteiger charge is 2.14. The summed E-state index contributed by atoms with van der Waals surface area (Å²) in [5.41, 5.74) is 0.511. The van der Waals surface area contributed by atoms with Gasteiger partial charge in [-0.25, -0.2) is 0 Å². The third-order valence-electron chi connectivity index (χ3n) is 1.58. The number of ketones is 1. The summed E-state index contributed by atoms with van der Waals surface area (Å²) in [7, 11) is 0. The number of benzene rings is 1.